The molecule has 1 N–H and O–H groups in total. The van der Waals surface area contributed by atoms with Gasteiger partial charge >= 0.3 is 11.9 Å². The van der Waals surface area contributed by atoms with E-state index in [9.17, 15) is 14.4 Å². The molecule has 9 heteroatoms. The molecule has 32 heavy (non-hydrogen) atoms. The first-order chi connectivity index (χ1) is 15.5. The minimum atomic E-state index is -0.609. The lowest BCUT2D eigenvalue weighted by Crippen LogP contribution is -2.54. The smallest absolute Gasteiger partial charge is 0.328 e. The Bertz CT molecular complexity index is 563. The van der Waals surface area contributed by atoms with Crippen molar-refractivity contribution in [2.45, 2.75) is 83.8 Å². The Labute approximate surface area is 197 Å². The Balaban J connectivity index is 2.58. The number of likely N-dealkylation sites (tertiary alicyclic amines) is 1. The van der Waals surface area contributed by atoms with E-state index in [4.69, 9.17) is 14.2 Å². The van der Waals surface area contributed by atoms with Crippen molar-refractivity contribution >= 4 is 29.6 Å². The van der Waals surface area contributed by atoms with Crippen molar-refractivity contribution in [2.75, 3.05) is 45.0 Å². The van der Waals surface area contributed by atoms with E-state index >= 15 is 0 Å². The van der Waals surface area contributed by atoms with Gasteiger partial charge in [-0.1, -0.05) is 32.6 Å². The van der Waals surface area contributed by atoms with Crippen molar-refractivity contribution < 1.29 is 28.6 Å². The SMILES string of the molecule is CCCCCCCSC[C@H](N[C@@H](C)C(=O)N1CCC[C@H]1C(=O)OCCOC)C(=O)OCC. The number of rotatable bonds is 17. The van der Waals surface area contributed by atoms with Crippen LogP contribution in [0.25, 0.3) is 0 Å². The number of esters is 2. The molecule has 1 amide bonds. The summed E-state index contributed by atoms with van der Waals surface area (Å²) in [4.78, 5) is 39.4. The van der Waals surface area contributed by atoms with Gasteiger partial charge in [0, 0.05) is 19.4 Å². The van der Waals surface area contributed by atoms with Crippen molar-refractivity contribution in [1.82, 2.24) is 10.2 Å². The van der Waals surface area contributed by atoms with Gasteiger partial charge in [-0.15, -0.1) is 0 Å². The van der Waals surface area contributed by atoms with E-state index in [0.29, 0.717) is 31.9 Å². The number of nitrogens with zero attached hydrogens (tertiary/aromatic N) is 1. The maximum absolute atomic E-state index is 13.1. The first kappa shape index (κ1) is 28.7. The molecule has 3 atom stereocenters. The first-order valence-electron chi connectivity index (χ1n) is 11.9. The Morgan fingerprint density at radius 2 is 1.84 bits per heavy atom. The maximum atomic E-state index is 13.1. The zero-order valence-electron chi connectivity index (χ0n) is 20.2. The van der Waals surface area contributed by atoms with Crippen molar-refractivity contribution in [3.63, 3.8) is 0 Å². The van der Waals surface area contributed by atoms with E-state index in [0.717, 1.165) is 18.6 Å². The lowest BCUT2D eigenvalue weighted by Gasteiger charge is -2.28. The third-order valence-electron chi connectivity index (χ3n) is 5.41. The fourth-order valence-electron chi connectivity index (χ4n) is 3.66. The molecule has 0 aliphatic carbocycles. The fourth-order valence-corrected chi connectivity index (χ4v) is 4.70. The number of hydrogen-bond acceptors (Lipinski definition) is 8. The average Bonchev–Trinajstić information content (AvgIpc) is 3.27. The van der Waals surface area contributed by atoms with Crippen LogP contribution in [-0.2, 0) is 28.6 Å². The number of nitrogens with one attached hydrogen (secondary N) is 1. The van der Waals surface area contributed by atoms with E-state index < -0.39 is 24.1 Å². The number of carbonyl (C=O) groups excluding carboxylic acids is 3. The van der Waals surface area contributed by atoms with Crippen molar-refractivity contribution in [3.05, 3.63) is 0 Å². The molecule has 1 aliphatic heterocycles. The van der Waals surface area contributed by atoms with Crippen LogP contribution in [0.2, 0.25) is 0 Å². The standard InChI is InChI=1S/C23H42N2O6S/c1-5-7-8-9-10-16-32-17-19(22(27)30-6-2)24-18(3)21(26)25-13-11-12-20(25)23(28)31-15-14-29-4/h18-20,24H,5-17H2,1-4H3/t18-,19-,20-/m0/s1. The predicted octanol–water partition coefficient (Wildman–Crippen LogP) is 2.78. The molecule has 8 nitrogen and oxygen atoms in total. The molecule has 0 bridgehead atoms. The van der Waals surface area contributed by atoms with Gasteiger partial charge in [-0.25, -0.2) is 4.79 Å². The highest BCUT2D eigenvalue weighted by atomic mass is 32.2. The van der Waals surface area contributed by atoms with E-state index in [1.165, 1.54) is 32.8 Å². The Kier molecular flexibility index (Phi) is 15.4. The maximum Gasteiger partial charge on any atom is 0.328 e. The van der Waals surface area contributed by atoms with Crippen LogP contribution in [0.5, 0.6) is 0 Å². The van der Waals surface area contributed by atoms with Crippen LogP contribution in [0.4, 0.5) is 0 Å². The molecule has 1 fully saturated rings. The van der Waals surface area contributed by atoms with Crippen molar-refractivity contribution in [1.29, 1.82) is 0 Å². The summed E-state index contributed by atoms with van der Waals surface area (Å²) >= 11 is 1.70. The molecule has 0 unspecified atom stereocenters. The summed E-state index contributed by atoms with van der Waals surface area (Å²) in [5, 5.41) is 3.14. The molecule has 1 saturated heterocycles. The number of hydrogen-bond donors (Lipinski definition) is 1. The van der Waals surface area contributed by atoms with Crippen molar-refractivity contribution in [3.8, 4) is 0 Å². The summed E-state index contributed by atoms with van der Waals surface area (Å²) in [5.41, 5.74) is 0. The lowest BCUT2D eigenvalue weighted by atomic mass is 10.2. The molecule has 1 rings (SSSR count). The quantitative estimate of drug-likeness (QED) is 0.254. The van der Waals surface area contributed by atoms with Crippen LogP contribution < -0.4 is 5.32 Å². The fraction of sp³-hybridized carbons (Fsp3) is 0.870. The van der Waals surface area contributed by atoms with Gasteiger partial charge in [0.15, 0.2) is 0 Å². The van der Waals surface area contributed by atoms with E-state index in [1.807, 2.05) is 0 Å². The molecule has 0 spiro atoms. The van der Waals surface area contributed by atoms with Gasteiger partial charge in [-0.2, -0.15) is 11.8 Å². The van der Waals surface area contributed by atoms with Gasteiger partial charge in [0.2, 0.25) is 5.91 Å². The summed E-state index contributed by atoms with van der Waals surface area (Å²) in [5.74, 6) is 0.580. The molecular weight excluding hydrogens is 432 g/mol. The highest BCUT2D eigenvalue weighted by molar-refractivity contribution is 7.99. The molecule has 186 valence electrons. The third kappa shape index (κ3) is 10.5. The highest BCUT2D eigenvalue weighted by Gasteiger charge is 2.38. The Morgan fingerprint density at radius 3 is 2.53 bits per heavy atom. The number of amides is 1. The zero-order valence-corrected chi connectivity index (χ0v) is 21.0. The molecule has 0 aromatic rings. The molecule has 0 saturated carbocycles. The minimum Gasteiger partial charge on any atom is -0.465 e. The van der Waals surface area contributed by atoms with Gasteiger partial charge in [-0.3, -0.25) is 14.9 Å². The monoisotopic (exact) mass is 474 g/mol. The van der Waals surface area contributed by atoms with Gasteiger partial charge < -0.3 is 19.1 Å². The predicted molar refractivity (Wildman–Crippen MR) is 127 cm³/mol. The van der Waals surface area contributed by atoms with Crippen LogP contribution in [0.15, 0.2) is 0 Å². The first-order valence-corrected chi connectivity index (χ1v) is 13.1. The van der Waals surface area contributed by atoms with Crippen LogP contribution in [0.3, 0.4) is 0 Å². The Hall–Kier alpha value is -1.32. The average molecular weight is 475 g/mol. The summed E-state index contributed by atoms with van der Waals surface area (Å²) in [7, 11) is 1.54. The van der Waals surface area contributed by atoms with Gasteiger partial charge in [-0.05, 0) is 38.9 Å². The van der Waals surface area contributed by atoms with Crippen LogP contribution >= 0.6 is 11.8 Å². The highest BCUT2D eigenvalue weighted by Crippen LogP contribution is 2.20. The van der Waals surface area contributed by atoms with Crippen LogP contribution in [0.1, 0.15) is 65.7 Å². The zero-order chi connectivity index (χ0) is 23.8. The van der Waals surface area contributed by atoms with Crippen LogP contribution in [0, 0.1) is 0 Å². The van der Waals surface area contributed by atoms with E-state index in [1.54, 1.807) is 30.5 Å². The molecule has 0 radical (unpaired) electrons. The minimum absolute atomic E-state index is 0.169. The molecule has 1 aliphatic rings. The summed E-state index contributed by atoms with van der Waals surface area (Å²) in [6.07, 6.45) is 7.37. The van der Waals surface area contributed by atoms with Crippen molar-refractivity contribution in [2.24, 2.45) is 0 Å². The summed E-state index contributed by atoms with van der Waals surface area (Å²) in [6, 6.07) is -1.76. The van der Waals surface area contributed by atoms with Gasteiger partial charge in [0.1, 0.15) is 18.7 Å². The lowest BCUT2D eigenvalue weighted by molar-refractivity contribution is -0.155. The summed E-state index contributed by atoms with van der Waals surface area (Å²) < 4.78 is 15.3. The van der Waals surface area contributed by atoms with E-state index in [-0.39, 0.29) is 18.5 Å². The molecular formula is C23H42N2O6S. The number of methoxy groups -OCH3 is 1. The van der Waals surface area contributed by atoms with Gasteiger partial charge in [0.05, 0.1) is 19.3 Å². The molecule has 0 aromatic heterocycles. The second kappa shape index (κ2) is 17.2. The van der Waals surface area contributed by atoms with Gasteiger partial charge in [0.25, 0.3) is 0 Å². The number of carbonyl (C=O) groups is 3. The normalized spacial score (nSPS) is 17.8. The third-order valence-corrected chi connectivity index (χ3v) is 6.56. The topological polar surface area (TPSA) is 94.2 Å². The van der Waals surface area contributed by atoms with Crippen LogP contribution in [-0.4, -0.2) is 85.9 Å². The molecule has 1 heterocycles. The number of ether oxygens (including phenoxy) is 3. The van der Waals surface area contributed by atoms with E-state index in [2.05, 4.69) is 12.2 Å². The second-order valence-electron chi connectivity index (χ2n) is 8.03. The summed E-state index contributed by atoms with van der Waals surface area (Å²) in [6.45, 7) is 6.99. The second-order valence-corrected chi connectivity index (χ2v) is 9.18. The molecule has 0 aromatic carbocycles. The number of thioether (sulfide) groups is 1. The Morgan fingerprint density at radius 1 is 1.09 bits per heavy atom. The largest absolute Gasteiger partial charge is 0.465 e. The number of unbranched alkanes of at least 4 members (excludes halogenated alkanes) is 4.